The Balaban J connectivity index is 2.32. The van der Waals surface area contributed by atoms with Gasteiger partial charge >= 0.3 is 5.97 Å². The number of hydrogen-bond donors (Lipinski definition) is 1. The van der Waals surface area contributed by atoms with Crippen LogP contribution in [-0.2, 0) is 16.1 Å². The Labute approximate surface area is 119 Å². The Morgan fingerprint density at radius 1 is 1.58 bits per heavy atom. The smallest absolute Gasteiger partial charge is 0.307 e. The minimum absolute atomic E-state index is 0.0290. The zero-order valence-corrected chi connectivity index (χ0v) is 11.8. The number of H-pyrrole nitrogens is 1. The zero-order chi connectivity index (χ0) is 14.0. The number of fused-ring (bicyclic) bond motifs is 1. The summed E-state index contributed by atoms with van der Waals surface area (Å²) >= 11 is 10.9. The zero-order valence-electron chi connectivity index (χ0n) is 10.2. The monoisotopic (exact) mass is 302 g/mol. The Kier molecular flexibility index (Phi) is 4.21. The SMILES string of the molecule is CCOC(=O)CCn1c(=S)[nH]c2cc(Cl)c(F)cc21. The molecule has 1 aromatic heterocycles. The summed E-state index contributed by atoms with van der Waals surface area (Å²) in [5, 5.41) is 0.0290. The molecule has 2 aromatic rings. The molecule has 0 saturated heterocycles. The van der Waals surface area contributed by atoms with Gasteiger partial charge in [-0.25, -0.2) is 4.39 Å². The molecule has 0 aliphatic heterocycles. The predicted octanol–water partition coefficient (Wildman–Crippen LogP) is 3.44. The number of hydrogen-bond acceptors (Lipinski definition) is 3. The second-order valence-electron chi connectivity index (χ2n) is 3.92. The van der Waals surface area contributed by atoms with Gasteiger partial charge < -0.3 is 14.3 Å². The van der Waals surface area contributed by atoms with Crippen LogP contribution < -0.4 is 0 Å². The van der Waals surface area contributed by atoms with Crippen molar-refractivity contribution in [3.8, 4) is 0 Å². The number of aryl methyl sites for hydroxylation is 1. The number of aromatic amines is 1. The third-order valence-electron chi connectivity index (χ3n) is 2.66. The largest absolute Gasteiger partial charge is 0.466 e. The second-order valence-corrected chi connectivity index (χ2v) is 4.71. The summed E-state index contributed by atoms with van der Waals surface area (Å²) in [6.07, 6.45) is 0.180. The maximum Gasteiger partial charge on any atom is 0.307 e. The summed E-state index contributed by atoms with van der Waals surface area (Å²) in [5.74, 6) is -0.832. The summed E-state index contributed by atoms with van der Waals surface area (Å²) in [5.41, 5.74) is 1.22. The van der Waals surface area contributed by atoms with Crippen molar-refractivity contribution in [3.63, 3.8) is 0 Å². The average Bonchev–Trinajstić information content (AvgIpc) is 2.63. The van der Waals surface area contributed by atoms with Gasteiger partial charge in [-0.1, -0.05) is 11.6 Å². The number of imidazole rings is 1. The van der Waals surface area contributed by atoms with Crippen molar-refractivity contribution in [1.82, 2.24) is 9.55 Å². The lowest BCUT2D eigenvalue weighted by Crippen LogP contribution is -2.09. The molecule has 0 saturated carbocycles. The summed E-state index contributed by atoms with van der Waals surface area (Å²) in [7, 11) is 0. The highest BCUT2D eigenvalue weighted by Gasteiger charge is 2.10. The van der Waals surface area contributed by atoms with E-state index in [-0.39, 0.29) is 17.4 Å². The van der Waals surface area contributed by atoms with Gasteiger partial charge in [0, 0.05) is 12.6 Å². The number of carbonyl (C=O) groups is 1. The molecule has 1 N–H and O–H groups in total. The summed E-state index contributed by atoms with van der Waals surface area (Å²) in [6.45, 7) is 2.41. The normalized spacial score (nSPS) is 10.9. The molecule has 0 spiro atoms. The van der Waals surface area contributed by atoms with Gasteiger partial charge in [0.15, 0.2) is 4.77 Å². The van der Waals surface area contributed by atoms with E-state index in [1.165, 1.54) is 12.1 Å². The van der Waals surface area contributed by atoms with E-state index in [4.69, 9.17) is 28.6 Å². The molecular formula is C12H12ClFN2O2S. The summed E-state index contributed by atoms with van der Waals surface area (Å²) < 4.78 is 20.4. The Bertz CT molecular complexity index is 680. The molecule has 0 fully saturated rings. The van der Waals surface area contributed by atoms with Gasteiger partial charge in [-0.15, -0.1) is 0 Å². The lowest BCUT2D eigenvalue weighted by atomic mass is 10.3. The number of ether oxygens (including phenoxy) is 1. The van der Waals surface area contributed by atoms with Crippen LogP contribution in [0.4, 0.5) is 4.39 Å². The van der Waals surface area contributed by atoms with Gasteiger partial charge in [-0.05, 0) is 25.2 Å². The van der Waals surface area contributed by atoms with Crippen LogP contribution >= 0.6 is 23.8 Å². The Hall–Kier alpha value is -1.40. The van der Waals surface area contributed by atoms with Crippen molar-refractivity contribution < 1.29 is 13.9 Å². The Morgan fingerprint density at radius 3 is 3.00 bits per heavy atom. The fourth-order valence-electron chi connectivity index (χ4n) is 1.81. The summed E-state index contributed by atoms with van der Waals surface area (Å²) in [6, 6.07) is 2.78. The minimum Gasteiger partial charge on any atom is -0.466 e. The van der Waals surface area contributed by atoms with Crippen LogP contribution in [0.1, 0.15) is 13.3 Å². The predicted molar refractivity (Wildman–Crippen MR) is 73.3 cm³/mol. The van der Waals surface area contributed by atoms with Crippen molar-refractivity contribution >= 4 is 40.8 Å². The minimum atomic E-state index is -0.520. The number of esters is 1. The van der Waals surface area contributed by atoms with E-state index in [0.29, 0.717) is 29.0 Å². The second kappa shape index (κ2) is 5.71. The molecule has 7 heteroatoms. The van der Waals surface area contributed by atoms with Crippen molar-refractivity contribution in [2.45, 2.75) is 19.9 Å². The van der Waals surface area contributed by atoms with Crippen LogP contribution in [-0.4, -0.2) is 22.1 Å². The topological polar surface area (TPSA) is 47.0 Å². The number of rotatable bonds is 4. The van der Waals surface area contributed by atoms with Crippen molar-refractivity contribution in [2.24, 2.45) is 0 Å². The standard InChI is InChI=1S/C12H12ClFN2O2S/c1-2-18-11(17)3-4-16-10-6-8(14)7(13)5-9(10)15-12(16)19/h5-6H,2-4H2,1H3,(H,15,19). The number of carbonyl (C=O) groups excluding carboxylic acids is 1. The first-order valence-corrected chi connectivity index (χ1v) is 6.54. The first-order chi connectivity index (χ1) is 9.02. The van der Waals surface area contributed by atoms with Crippen molar-refractivity contribution in [2.75, 3.05) is 6.61 Å². The van der Waals surface area contributed by atoms with Crippen LogP contribution in [0.5, 0.6) is 0 Å². The van der Waals surface area contributed by atoms with E-state index in [1.807, 2.05) is 0 Å². The van der Waals surface area contributed by atoms with Crippen LogP contribution in [0.15, 0.2) is 12.1 Å². The summed E-state index contributed by atoms with van der Waals surface area (Å²) in [4.78, 5) is 14.3. The van der Waals surface area contributed by atoms with Crippen LogP contribution in [0.25, 0.3) is 11.0 Å². The number of benzene rings is 1. The quantitative estimate of drug-likeness (QED) is 0.695. The van der Waals surface area contributed by atoms with Crippen LogP contribution in [0, 0.1) is 10.6 Å². The van der Waals surface area contributed by atoms with E-state index in [2.05, 4.69) is 4.98 Å². The fourth-order valence-corrected chi connectivity index (χ4v) is 2.27. The Morgan fingerprint density at radius 2 is 2.32 bits per heavy atom. The van der Waals surface area contributed by atoms with Gasteiger partial charge in [0.1, 0.15) is 5.82 Å². The molecule has 102 valence electrons. The molecule has 2 rings (SSSR count). The number of aromatic nitrogens is 2. The molecule has 19 heavy (non-hydrogen) atoms. The van der Waals surface area contributed by atoms with Crippen LogP contribution in [0.2, 0.25) is 5.02 Å². The molecule has 1 aromatic carbocycles. The van der Waals surface area contributed by atoms with E-state index in [0.717, 1.165) is 0 Å². The van der Waals surface area contributed by atoms with Crippen molar-refractivity contribution in [3.05, 3.63) is 27.7 Å². The van der Waals surface area contributed by atoms with Gasteiger partial charge in [-0.2, -0.15) is 0 Å². The molecule has 4 nitrogen and oxygen atoms in total. The van der Waals surface area contributed by atoms with E-state index >= 15 is 0 Å². The molecule has 0 aliphatic carbocycles. The highest BCUT2D eigenvalue weighted by Crippen LogP contribution is 2.22. The number of nitrogens with zero attached hydrogens (tertiary/aromatic N) is 1. The molecule has 0 radical (unpaired) electrons. The highest BCUT2D eigenvalue weighted by molar-refractivity contribution is 7.71. The van der Waals surface area contributed by atoms with Gasteiger partial charge in [-0.3, -0.25) is 4.79 Å². The molecule has 1 heterocycles. The van der Waals surface area contributed by atoms with E-state index in [9.17, 15) is 9.18 Å². The van der Waals surface area contributed by atoms with Gasteiger partial charge in [0.25, 0.3) is 0 Å². The molecule has 0 bridgehead atoms. The van der Waals surface area contributed by atoms with E-state index in [1.54, 1.807) is 11.5 Å². The first kappa shape index (κ1) is 14.0. The maximum atomic E-state index is 13.5. The highest BCUT2D eigenvalue weighted by atomic mass is 35.5. The first-order valence-electron chi connectivity index (χ1n) is 5.76. The molecule has 0 unspecified atom stereocenters. The fraction of sp³-hybridized carbons (Fsp3) is 0.333. The average molecular weight is 303 g/mol. The molecule has 0 aliphatic rings. The lowest BCUT2D eigenvalue weighted by molar-refractivity contribution is -0.143. The lowest BCUT2D eigenvalue weighted by Gasteiger charge is -2.05. The van der Waals surface area contributed by atoms with Gasteiger partial charge in [0.2, 0.25) is 0 Å². The number of nitrogens with one attached hydrogen (secondary N) is 1. The van der Waals surface area contributed by atoms with Gasteiger partial charge in [0.05, 0.1) is 29.1 Å². The third kappa shape index (κ3) is 2.96. The maximum absolute atomic E-state index is 13.5. The van der Waals surface area contributed by atoms with Crippen molar-refractivity contribution in [1.29, 1.82) is 0 Å². The molecule has 0 amide bonds. The number of halogens is 2. The van der Waals surface area contributed by atoms with E-state index < -0.39 is 5.82 Å². The molecule has 0 atom stereocenters. The molecular weight excluding hydrogens is 291 g/mol. The van der Waals surface area contributed by atoms with Crippen LogP contribution in [0.3, 0.4) is 0 Å². The third-order valence-corrected chi connectivity index (χ3v) is 3.27.